The number of carbonyl (C=O) groups excluding carboxylic acids is 3. The van der Waals surface area contributed by atoms with Crippen LogP contribution in [0, 0.1) is 0 Å². The molecule has 15 nitrogen and oxygen atoms in total. The van der Waals surface area contributed by atoms with Gasteiger partial charge in [-0.2, -0.15) is 0 Å². The third-order valence-electron chi connectivity index (χ3n) is 10.8. The quantitative estimate of drug-likeness (QED) is 0.0789. The summed E-state index contributed by atoms with van der Waals surface area (Å²) in [6, 6.07) is 34.7. The fourth-order valence-corrected chi connectivity index (χ4v) is 9.63. The largest absolute Gasteiger partial charge is 0.508 e. The molecule has 10 aromatic rings. The number of aliphatic hydroxyl groups excluding tert-OH is 2. The maximum Gasteiger partial charge on any atom is 0.348 e. The predicted octanol–water partition coefficient (Wildman–Crippen LogP) is 12.4. The first-order valence-electron chi connectivity index (χ1n) is 22.8. The average Bonchev–Trinajstić information content (AvgIpc) is 4.21. The van der Waals surface area contributed by atoms with Crippen LogP contribution in [0.25, 0.3) is 30.3 Å². The number of methoxy groups -OCH3 is 2. The lowest BCUT2D eigenvalue weighted by molar-refractivity contribution is 0.0597. The van der Waals surface area contributed by atoms with Gasteiger partial charge in [0.05, 0.1) is 65.0 Å². The summed E-state index contributed by atoms with van der Waals surface area (Å²) in [5, 5.41) is 29.4. The van der Waals surface area contributed by atoms with E-state index in [4.69, 9.17) is 44.7 Å². The van der Waals surface area contributed by atoms with E-state index in [0.717, 1.165) is 60.0 Å². The molecule has 74 heavy (non-hydrogen) atoms. The normalized spacial score (nSPS) is 10.5. The fraction of sp³-hybridized carbons (Fsp3) is 0.143. The number of aliphatic hydroxyl groups is 2. The zero-order valence-electron chi connectivity index (χ0n) is 40.5. The molecule has 378 valence electrons. The Balaban J connectivity index is 0.000000150. The summed E-state index contributed by atoms with van der Waals surface area (Å²) < 4.78 is 29.6. The third-order valence-corrected chi connectivity index (χ3v) is 14.0. The Bertz CT molecular complexity index is 3330. The zero-order chi connectivity index (χ0) is 52.6. The van der Waals surface area contributed by atoms with Gasteiger partial charge in [-0.1, -0.05) is 62.4 Å². The number of nitrogens with two attached hydrogens (primary N) is 1. The fourth-order valence-electron chi connectivity index (χ4n) is 6.81. The molecule has 0 aliphatic carbocycles. The predicted molar refractivity (Wildman–Crippen MR) is 288 cm³/mol. The Morgan fingerprint density at radius 3 is 1.09 bits per heavy atom. The Labute approximate surface area is 437 Å². The van der Waals surface area contributed by atoms with Gasteiger partial charge in [0, 0.05) is 34.7 Å². The number of ether oxygens (including phenoxy) is 5. The van der Waals surface area contributed by atoms with Crippen molar-refractivity contribution in [2.75, 3.05) is 14.2 Å². The highest BCUT2D eigenvalue weighted by Gasteiger charge is 2.16. The van der Waals surface area contributed by atoms with Crippen molar-refractivity contribution in [1.29, 1.82) is 0 Å². The summed E-state index contributed by atoms with van der Waals surface area (Å²) >= 11 is 3.94. The molecule has 0 saturated heterocycles. The van der Waals surface area contributed by atoms with Gasteiger partial charge < -0.3 is 44.7 Å². The maximum absolute atomic E-state index is 11.7. The zero-order valence-corrected chi connectivity index (χ0v) is 43.0. The Morgan fingerprint density at radius 1 is 0.473 bits per heavy atom. The van der Waals surface area contributed by atoms with Gasteiger partial charge in [0.15, 0.2) is 17.2 Å². The van der Waals surface area contributed by atoms with Gasteiger partial charge in [-0.05, 0) is 102 Å². The van der Waals surface area contributed by atoms with Gasteiger partial charge in [0.25, 0.3) is 5.91 Å². The monoisotopic (exact) mass is 1050 g/mol. The number of phenols is 1. The first-order valence-corrected chi connectivity index (χ1v) is 25.3. The summed E-state index contributed by atoms with van der Waals surface area (Å²) in [5.74, 6) is 2.94. The highest BCUT2D eigenvalue weighted by molar-refractivity contribution is 7.21. The van der Waals surface area contributed by atoms with E-state index in [1.165, 1.54) is 59.4 Å². The number of carbonyl (C=O) groups is 3. The Hall–Kier alpha value is -8.26. The van der Waals surface area contributed by atoms with E-state index >= 15 is 0 Å². The molecule has 0 bridgehead atoms. The second kappa shape index (κ2) is 25.9. The first-order chi connectivity index (χ1) is 35.9. The molecule has 0 atom stereocenters. The van der Waals surface area contributed by atoms with Crippen molar-refractivity contribution in [1.82, 2.24) is 15.0 Å². The number of esters is 2. The van der Waals surface area contributed by atoms with Crippen molar-refractivity contribution in [3.8, 4) is 40.2 Å². The van der Waals surface area contributed by atoms with Crippen LogP contribution in [0.1, 0.15) is 65.1 Å². The van der Waals surface area contributed by atoms with Crippen molar-refractivity contribution in [3.05, 3.63) is 189 Å². The van der Waals surface area contributed by atoms with Gasteiger partial charge in [0.2, 0.25) is 0 Å². The highest BCUT2D eigenvalue weighted by Crippen LogP contribution is 2.37. The molecule has 18 heteroatoms. The van der Waals surface area contributed by atoms with Crippen LogP contribution >= 0.6 is 34.0 Å². The van der Waals surface area contributed by atoms with Gasteiger partial charge in [-0.25, -0.2) is 9.59 Å². The number of hydrogen-bond donors (Lipinski definition) is 4. The molecule has 0 radical (unpaired) electrons. The number of pyridine rings is 3. The Morgan fingerprint density at radius 2 is 0.784 bits per heavy atom. The number of thiophene rings is 3. The van der Waals surface area contributed by atoms with Crippen molar-refractivity contribution >= 4 is 82.1 Å². The molecule has 6 heterocycles. The van der Waals surface area contributed by atoms with E-state index in [0.29, 0.717) is 49.1 Å². The summed E-state index contributed by atoms with van der Waals surface area (Å²) in [7, 11) is 2.72. The van der Waals surface area contributed by atoms with Crippen LogP contribution in [0.3, 0.4) is 0 Å². The molecule has 0 spiro atoms. The van der Waals surface area contributed by atoms with E-state index in [9.17, 15) is 14.4 Å². The third kappa shape index (κ3) is 14.0. The summed E-state index contributed by atoms with van der Waals surface area (Å²) in [4.78, 5) is 48.5. The average molecular weight is 1050 g/mol. The first kappa shape index (κ1) is 53.5. The number of amides is 1. The molecule has 6 aromatic heterocycles. The van der Waals surface area contributed by atoms with Crippen LogP contribution in [0.4, 0.5) is 0 Å². The highest BCUT2D eigenvalue weighted by atomic mass is 32.1. The van der Waals surface area contributed by atoms with Crippen LogP contribution in [-0.2, 0) is 35.5 Å². The molecule has 0 fully saturated rings. The van der Waals surface area contributed by atoms with E-state index < -0.39 is 5.91 Å². The molecule has 0 saturated carbocycles. The minimum atomic E-state index is -0.463. The number of aryl methyl sites for hydroxylation is 2. The van der Waals surface area contributed by atoms with E-state index in [-0.39, 0.29) is 25.2 Å². The number of primary amides is 1. The molecule has 5 N–H and O–H groups in total. The van der Waals surface area contributed by atoms with Crippen molar-refractivity contribution in [3.63, 3.8) is 0 Å². The van der Waals surface area contributed by atoms with Crippen LogP contribution in [-0.4, -0.2) is 62.3 Å². The number of phenolic OH excluding ortho intramolecular Hbond substituents is 1. The van der Waals surface area contributed by atoms with Crippen molar-refractivity contribution in [2.45, 2.75) is 39.9 Å². The number of hydrogen-bond acceptors (Lipinski definition) is 17. The molecule has 10 rings (SSSR count). The SMILES string of the molecule is CCc1ccc(O)cc1.CCc1ccc(Oc2cncc3sc(C(=O)OC)cc23)cc1.COC(=O)c1cc2c(Oc3ccc(CO)cc3)cncc2s1.NC(=O)c1cc2c(Oc3ccc(CO)cc3)cncc2s1. The molecular weight excluding hydrogens is 1000 g/mol. The lowest BCUT2D eigenvalue weighted by Gasteiger charge is -2.07. The van der Waals surface area contributed by atoms with Crippen molar-refractivity contribution < 1.29 is 53.4 Å². The topological polar surface area (TPSA) is 223 Å². The van der Waals surface area contributed by atoms with E-state index in [1.807, 2.05) is 36.4 Å². The minimum Gasteiger partial charge on any atom is -0.508 e. The van der Waals surface area contributed by atoms with Gasteiger partial charge in [0.1, 0.15) is 32.8 Å². The van der Waals surface area contributed by atoms with Crippen molar-refractivity contribution in [2.24, 2.45) is 5.73 Å². The van der Waals surface area contributed by atoms with Crippen LogP contribution in [0.15, 0.2) is 152 Å². The van der Waals surface area contributed by atoms with Crippen LogP contribution in [0.5, 0.6) is 40.2 Å². The van der Waals surface area contributed by atoms with E-state index in [2.05, 4.69) is 28.8 Å². The molecule has 0 aliphatic rings. The molecule has 0 unspecified atom stereocenters. The molecule has 4 aromatic carbocycles. The van der Waals surface area contributed by atoms with Crippen LogP contribution < -0.4 is 19.9 Å². The molecule has 1 amide bonds. The summed E-state index contributed by atoms with van der Waals surface area (Å²) in [6.45, 7) is 4.18. The lowest BCUT2D eigenvalue weighted by Crippen LogP contribution is -2.08. The second-order valence-corrected chi connectivity index (χ2v) is 19.0. The van der Waals surface area contributed by atoms with E-state index in [1.54, 1.807) is 116 Å². The minimum absolute atomic E-state index is 0.00949. The smallest absolute Gasteiger partial charge is 0.348 e. The standard InChI is InChI=1S/C17H15NO3S.C16H13NO4S.C15H12N2O3S.C8H10O/c1-3-11-4-6-12(7-5-11)21-14-9-18-10-16-13(14)8-15(22-16)17(19)20-2;1-20-16(19)14-6-12-13(7-17-8-15(12)22-14)21-11-4-2-10(9-18)3-5-11;16-15(19)13-5-11-12(6-17-7-14(11)21-13)20-10-3-1-9(8-18)2-4-10;1-2-7-3-5-8(9)6-4-7/h4-10H,3H2,1-2H3;2-8,18H,9H2,1H3;1-7,18H,8H2,(H2,16,19);3-6,9H,2H2,1H3. The summed E-state index contributed by atoms with van der Waals surface area (Å²) in [6.07, 6.45) is 12.0. The number of nitrogens with zero attached hydrogens (tertiary/aromatic N) is 3. The lowest BCUT2D eigenvalue weighted by atomic mass is 10.2. The van der Waals surface area contributed by atoms with Crippen LogP contribution in [0.2, 0.25) is 0 Å². The number of aromatic hydroxyl groups is 1. The molecule has 0 aliphatic heterocycles. The number of rotatable bonds is 13. The molecular formula is C56H50N4O11S3. The number of benzene rings is 4. The number of aromatic nitrogens is 3. The van der Waals surface area contributed by atoms with Gasteiger partial charge in [-0.15, -0.1) is 34.0 Å². The maximum atomic E-state index is 11.7. The summed E-state index contributed by atoms with van der Waals surface area (Å²) in [5.41, 5.74) is 9.44. The Kier molecular flexibility index (Phi) is 18.8. The van der Waals surface area contributed by atoms with Gasteiger partial charge >= 0.3 is 11.9 Å². The van der Waals surface area contributed by atoms with Gasteiger partial charge in [-0.3, -0.25) is 19.7 Å². The number of fused-ring (bicyclic) bond motifs is 3. The second-order valence-electron chi connectivity index (χ2n) is 15.8.